The van der Waals surface area contributed by atoms with Gasteiger partial charge in [0.15, 0.2) is 11.4 Å². The lowest BCUT2D eigenvalue weighted by molar-refractivity contribution is -0.986. The number of nitrogens with one attached hydrogen (secondary N) is 2. The molecular formula is C22H29Cl2N3O2. The van der Waals surface area contributed by atoms with Crippen LogP contribution in [0.5, 0.6) is 5.75 Å². The summed E-state index contributed by atoms with van der Waals surface area (Å²) in [6, 6.07) is 16.5. The second kappa shape index (κ2) is 10.8. The average Bonchev–Trinajstić information content (AvgIpc) is 3.04. The molecule has 2 aromatic carbocycles. The van der Waals surface area contributed by atoms with Crippen molar-refractivity contribution in [1.29, 1.82) is 0 Å². The van der Waals surface area contributed by atoms with E-state index in [2.05, 4.69) is 24.3 Å². The van der Waals surface area contributed by atoms with Crippen LogP contribution in [0.2, 0.25) is 0 Å². The fraction of sp³-hybridized carbons (Fsp3) is 0.409. The van der Waals surface area contributed by atoms with E-state index in [-0.39, 0.29) is 30.7 Å². The lowest BCUT2D eigenvalue weighted by Crippen LogP contribution is -3.26. The van der Waals surface area contributed by atoms with Crippen LogP contribution in [0.25, 0.3) is 0 Å². The Labute approximate surface area is 185 Å². The minimum absolute atomic E-state index is 0. The van der Waals surface area contributed by atoms with E-state index in [0.717, 1.165) is 57.1 Å². The summed E-state index contributed by atoms with van der Waals surface area (Å²) in [7, 11) is 1.75. The predicted molar refractivity (Wildman–Crippen MR) is 106 cm³/mol. The third-order valence-electron chi connectivity index (χ3n) is 5.89. The number of halogens is 2. The summed E-state index contributed by atoms with van der Waals surface area (Å²) in [6.07, 6.45) is 1.61. The highest BCUT2D eigenvalue weighted by Crippen LogP contribution is 2.28. The van der Waals surface area contributed by atoms with Gasteiger partial charge in [0.25, 0.3) is 0 Å². The molecule has 158 valence electrons. The SMILES string of the molecule is COc1ccccc1[NH+]1CC[NH+](CCCN2C(=O)Cc3ccccc32)CC1.[Cl-].[Cl-]. The minimum atomic E-state index is 0. The van der Waals surface area contributed by atoms with Crippen molar-refractivity contribution in [2.45, 2.75) is 12.8 Å². The molecule has 1 fully saturated rings. The van der Waals surface area contributed by atoms with Crippen LogP contribution >= 0.6 is 0 Å². The van der Waals surface area contributed by atoms with Crippen LogP contribution < -0.4 is 44.3 Å². The van der Waals surface area contributed by atoms with Crippen LogP contribution in [0.3, 0.4) is 0 Å². The summed E-state index contributed by atoms with van der Waals surface area (Å²) < 4.78 is 5.52. The number of ether oxygens (including phenoxy) is 1. The molecule has 0 bridgehead atoms. The van der Waals surface area contributed by atoms with Crippen molar-refractivity contribution in [3.05, 3.63) is 54.1 Å². The molecule has 2 aliphatic rings. The van der Waals surface area contributed by atoms with Crippen LogP contribution in [-0.4, -0.2) is 52.3 Å². The van der Waals surface area contributed by atoms with Crippen LogP contribution in [0.1, 0.15) is 12.0 Å². The second-order valence-electron chi connectivity index (χ2n) is 7.51. The number of para-hydroxylation sites is 3. The number of hydrogen-bond donors (Lipinski definition) is 2. The third-order valence-corrected chi connectivity index (χ3v) is 5.89. The zero-order chi connectivity index (χ0) is 18.6. The summed E-state index contributed by atoms with van der Waals surface area (Å²) in [5.74, 6) is 1.23. The van der Waals surface area contributed by atoms with Gasteiger partial charge < -0.3 is 39.4 Å². The monoisotopic (exact) mass is 437 g/mol. The van der Waals surface area contributed by atoms with Gasteiger partial charge in [-0.3, -0.25) is 9.69 Å². The zero-order valence-electron chi connectivity index (χ0n) is 16.8. The molecule has 0 atom stereocenters. The van der Waals surface area contributed by atoms with Gasteiger partial charge in [0.1, 0.15) is 26.2 Å². The first-order valence-corrected chi connectivity index (χ1v) is 9.96. The molecule has 0 unspecified atom stereocenters. The number of piperazine rings is 1. The maximum Gasteiger partial charge on any atom is 0.231 e. The molecular weight excluding hydrogens is 409 g/mol. The van der Waals surface area contributed by atoms with E-state index in [4.69, 9.17) is 4.74 Å². The van der Waals surface area contributed by atoms with Crippen LogP contribution in [0, 0.1) is 0 Å². The predicted octanol–water partition coefficient (Wildman–Crippen LogP) is -5.90. The Morgan fingerprint density at radius 3 is 2.41 bits per heavy atom. The first-order chi connectivity index (χ1) is 13.3. The quantitative estimate of drug-likeness (QED) is 0.472. The Hall–Kier alpha value is -1.79. The number of quaternary nitrogens is 2. The number of hydrogen-bond acceptors (Lipinski definition) is 2. The molecule has 29 heavy (non-hydrogen) atoms. The maximum atomic E-state index is 12.3. The minimum Gasteiger partial charge on any atom is -1.00 e. The number of amides is 1. The number of anilines is 1. The Morgan fingerprint density at radius 2 is 1.66 bits per heavy atom. The Morgan fingerprint density at radius 1 is 0.966 bits per heavy atom. The summed E-state index contributed by atoms with van der Waals surface area (Å²) >= 11 is 0. The largest absolute Gasteiger partial charge is 1.00 e. The van der Waals surface area contributed by atoms with Gasteiger partial charge in [0.05, 0.1) is 20.1 Å². The van der Waals surface area contributed by atoms with E-state index >= 15 is 0 Å². The van der Waals surface area contributed by atoms with Crippen LogP contribution in [0.4, 0.5) is 11.4 Å². The number of fused-ring (bicyclic) bond motifs is 1. The van der Waals surface area contributed by atoms with Crippen molar-refractivity contribution < 1.29 is 44.1 Å². The van der Waals surface area contributed by atoms with E-state index in [9.17, 15) is 4.79 Å². The van der Waals surface area contributed by atoms with Crippen molar-refractivity contribution >= 4 is 17.3 Å². The summed E-state index contributed by atoms with van der Waals surface area (Å²) in [5.41, 5.74) is 3.56. The third kappa shape index (κ3) is 5.23. The Bertz CT molecular complexity index is 810. The fourth-order valence-electron chi connectivity index (χ4n) is 4.41. The van der Waals surface area contributed by atoms with Gasteiger partial charge in [-0.2, -0.15) is 0 Å². The first kappa shape index (κ1) is 23.5. The Kier molecular flexibility index (Phi) is 8.78. The second-order valence-corrected chi connectivity index (χ2v) is 7.51. The number of carbonyl (C=O) groups excluding carboxylic acids is 1. The summed E-state index contributed by atoms with van der Waals surface area (Å²) in [6.45, 7) is 6.55. The molecule has 4 rings (SSSR count). The molecule has 2 heterocycles. The molecule has 0 saturated carbocycles. The standard InChI is InChI=1S/C22H27N3O2.2ClH/c1-27-21-10-5-4-9-20(21)24-15-13-23(14-16-24)11-6-12-25-19-8-3-2-7-18(19)17-22(25)26;;/h2-5,7-10H,6,11-17H2,1H3;2*1H. The van der Waals surface area contributed by atoms with Crippen molar-refractivity contribution in [3.8, 4) is 5.75 Å². The molecule has 0 aromatic heterocycles. The van der Waals surface area contributed by atoms with E-state index in [1.165, 1.54) is 16.2 Å². The maximum absolute atomic E-state index is 12.3. The van der Waals surface area contributed by atoms with Gasteiger partial charge in [-0.1, -0.05) is 30.3 Å². The highest BCUT2D eigenvalue weighted by molar-refractivity contribution is 6.01. The molecule has 2 aromatic rings. The Balaban J connectivity index is 0.00000150. The molecule has 1 saturated heterocycles. The number of methoxy groups -OCH3 is 1. The molecule has 5 nitrogen and oxygen atoms in total. The average molecular weight is 438 g/mol. The molecule has 2 N–H and O–H groups in total. The van der Waals surface area contributed by atoms with Crippen LogP contribution in [0.15, 0.2) is 48.5 Å². The van der Waals surface area contributed by atoms with Gasteiger partial charge in [-0.05, 0) is 17.7 Å². The van der Waals surface area contributed by atoms with E-state index in [0.29, 0.717) is 6.42 Å². The van der Waals surface area contributed by atoms with E-state index in [1.54, 1.807) is 12.0 Å². The van der Waals surface area contributed by atoms with Crippen molar-refractivity contribution in [1.82, 2.24) is 0 Å². The zero-order valence-corrected chi connectivity index (χ0v) is 18.3. The summed E-state index contributed by atoms with van der Waals surface area (Å²) in [4.78, 5) is 17.4. The topological polar surface area (TPSA) is 38.4 Å². The molecule has 0 spiro atoms. The number of rotatable bonds is 6. The number of carbonyl (C=O) groups is 1. The van der Waals surface area contributed by atoms with Gasteiger partial charge >= 0.3 is 0 Å². The van der Waals surface area contributed by atoms with Gasteiger partial charge in [0.2, 0.25) is 5.91 Å². The highest BCUT2D eigenvalue weighted by Gasteiger charge is 2.28. The first-order valence-electron chi connectivity index (χ1n) is 9.96. The van der Waals surface area contributed by atoms with Gasteiger partial charge in [0, 0.05) is 24.7 Å². The highest BCUT2D eigenvalue weighted by atomic mass is 35.5. The van der Waals surface area contributed by atoms with Crippen LogP contribution in [-0.2, 0) is 11.2 Å². The molecule has 2 aliphatic heterocycles. The number of benzene rings is 2. The lowest BCUT2D eigenvalue weighted by atomic mass is 10.2. The number of nitrogens with zero attached hydrogens (tertiary/aromatic N) is 1. The van der Waals surface area contributed by atoms with Crippen molar-refractivity contribution in [2.75, 3.05) is 51.3 Å². The molecule has 0 aliphatic carbocycles. The molecule has 7 heteroatoms. The van der Waals surface area contributed by atoms with Gasteiger partial charge in [-0.25, -0.2) is 0 Å². The molecule has 0 radical (unpaired) electrons. The van der Waals surface area contributed by atoms with Crippen molar-refractivity contribution in [2.24, 2.45) is 0 Å². The summed E-state index contributed by atoms with van der Waals surface area (Å²) in [5, 5.41) is 0. The van der Waals surface area contributed by atoms with Gasteiger partial charge in [-0.15, -0.1) is 0 Å². The van der Waals surface area contributed by atoms with E-state index in [1.807, 2.05) is 29.2 Å². The smallest absolute Gasteiger partial charge is 0.231 e. The molecule has 1 amide bonds. The van der Waals surface area contributed by atoms with E-state index < -0.39 is 0 Å². The van der Waals surface area contributed by atoms with Crippen molar-refractivity contribution in [3.63, 3.8) is 0 Å². The normalized spacial score (nSPS) is 20.4. The lowest BCUT2D eigenvalue weighted by Gasteiger charge is -2.30. The fourth-order valence-corrected chi connectivity index (χ4v) is 4.41.